The number of amides is 1. The largest absolute Gasteiger partial charge is 0.383 e. The summed E-state index contributed by atoms with van der Waals surface area (Å²) in [4.78, 5) is 26.0. The molecule has 1 heterocycles. The van der Waals surface area contributed by atoms with Crippen molar-refractivity contribution in [1.29, 1.82) is 0 Å². The van der Waals surface area contributed by atoms with Gasteiger partial charge in [-0.15, -0.1) is 0 Å². The van der Waals surface area contributed by atoms with Gasteiger partial charge in [0.05, 0.1) is 10.5 Å². The molecule has 3 N–H and O–H groups in total. The standard InChI is InChI=1S/C14H14N4O3/c1-8-3-4-12(9(2)5-8)17-14(19)11-6-10(18(20)21)7-16-13(11)15/h3-7H,1-2H3,(H2,15,16)(H,17,19). The number of nitrogens with two attached hydrogens (primary N) is 1. The lowest BCUT2D eigenvalue weighted by molar-refractivity contribution is -0.385. The third-order valence-electron chi connectivity index (χ3n) is 2.99. The minimum Gasteiger partial charge on any atom is -0.383 e. The van der Waals surface area contributed by atoms with E-state index in [1.54, 1.807) is 6.07 Å². The summed E-state index contributed by atoms with van der Waals surface area (Å²) in [6, 6.07) is 6.66. The van der Waals surface area contributed by atoms with Gasteiger partial charge in [0.25, 0.3) is 11.6 Å². The molecule has 7 nitrogen and oxygen atoms in total. The van der Waals surface area contributed by atoms with Gasteiger partial charge in [-0.3, -0.25) is 14.9 Å². The minimum atomic E-state index is -0.625. The molecule has 2 aromatic rings. The smallest absolute Gasteiger partial charge is 0.288 e. The fourth-order valence-electron chi connectivity index (χ4n) is 1.89. The number of hydrogen-bond acceptors (Lipinski definition) is 5. The Kier molecular flexibility index (Phi) is 3.84. The number of carbonyl (C=O) groups excluding carboxylic acids is 1. The fraction of sp³-hybridized carbons (Fsp3) is 0.143. The zero-order chi connectivity index (χ0) is 15.6. The molecule has 0 fully saturated rings. The van der Waals surface area contributed by atoms with Gasteiger partial charge in [-0.1, -0.05) is 17.7 Å². The third-order valence-corrected chi connectivity index (χ3v) is 2.99. The number of carbonyl (C=O) groups is 1. The van der Waals surface area contributed by atoms with Gasteiger partial charge >= 0.3 is 0 Å². The molecule has 0 spiro atoms. The van der Waals surface area contributed by atoms with E-state index < -0.39 is 10.8 Å². The quantitative estimate of drug-likeness (QED) is 0.665. The van der Waals surface area contributed by atoms with Crippen molar-refractivity contribution in [2.24, 2.45) is 0 Å². The van der Waals surface area contributed by atoms with Crippen molar-refractivity contribution in [2.45, 2.75) is 13.8 Å². The molecule has 0 radical (unpaired) electrons. The SMILES string of the molecule is Cc1ccc(NC(=O)c2cc([N+](=O)[O-])cnc2N)c(C)c1. The summed E-state index contributed by atoms with van der Waals surface area (Å²) in [5.41, 5.74) is 7.89. The second-order valence-corrected chi connectivity index (χ2v) is 4.66. The normalized spacial score (nSPS) is 10.2. The number of benzene rings is 1. The van der Waals surface area contributed by atoms with Crippen LogP contribution in [0.15, 0.2) is 30.5 Å². The number of aryl methyl sites for hydroxylation is 2. The van der Waals surface area contributed by atoms with E-state index in [9.17, 15) is 14.9 Å². The predicted octanol–water partition coefficient (Wildman–Crippen LogP) is 2.44. The van der Waals surface area contributed by atoms with Gasteiger partial charge in [-0.2, -0.15) is 0 Å². The zero-order valence-electron chi connectivity index (χ0n) is 11.6. The highest BCUT2D eigenvalue weighted by atomic mass is 16.6. The van der Waals surface area contributed by atoms with E-state index >= 15 is 0 Å². The average molecular weight is 286 g/mol. The molecule has 1 amide bonds. The highest BCUT2D eigenvalue weighted by Gasteiger charge is 2.17. The Morgan fingerprint density at radius 3 is 2.67 bits per heavy atom. The van der Waals surface area contributed by atoms with E-state index in [4.69, 9.17) is 5.73 Å². The average Bonchev–Trinajstić information content (AvgIpc) is 2.42. The van der Waals surface area contributed by atoms with E-state index in [-0.39, 0.29) is 17.1 Å². The molecule has 108 valence electrons. The Hall–Kier alpha value is -2.96. The van der Waals surface area contributed by atoms with E-state index in [2.05, 4.69) is 10.3 Å². The Labute approximate surface area is 121 Å². The molecule has 0 aliphatic rings. The maximum absolute atomic E-state index is 12.2. The predicted molar refractivity (Wildman–Crippen MR) is 79.2 cm³/mol. The Balaban J connectivity index is 2.32. The first-order chi connectivity index (χ1) is 9.88. The summed E-state index contributed by atoms with van der Waals surface area (Å²) >= 11 is 0. The number of aromatic nitrogens is 1. The minimum absolute atomic E-state index is 0.0239. The maximum atomic E-state index is 12.2. The molecule has 0 atom stereocenters. The maximum Gasteiger partial charge on any atom is 0.288 e. The molecular formula is C14H14N4O3. The van der Waals surface area contributed by atoms with Crippen LogP contribution in [0.1, 0.15) is 21.5 Å². The van der Waals surface area contributed by atoms with Crippen molar-refractivity contribution >= 4 is 23.1 Å². The number of hydrogen-bond donors (Lipinski definition) is 2. The molecule has 0 unspecified atom stereocenters. The van der Waals surface area contributed by atoms with Crippen LogP contribution < -0.4 is 11.1 Å². The summed E-state index contributed by atoms with van der Waals surface area (Å²) in [5.74, 6) is -0.585. The van der Waals surface area contributed by atoms with Crippen LogP contribution >= 0.6 is 0 Å². The molecule has 2 rings (SSSR count). The van der Waals surface area contributed by atoms with Crippen LogP contribution in [0.2, 0.25) is 0 Å². The molecule has 1 aromatic heterocycles. The molecule has 1 aromatic carbocycles. The highest BCUT2D eigenvalue weighted by Crippen LogP contribution is 2.20. The topological polar surface area (TPSA) is 111 Å². The molecular weight excluding hydrogens is 272 g/mol. The Morgan fingerprint density at radius 2 is 2.05 bits per heavy atom. The second kappa shape index (κ2) is 5.58. The molecule has 21 heavy (non-hydrogen) atoms. The third kappa shape index (κ3) is 3.14. The lowest BCUT2D eigenvalue weighted by Crippen LogP contribution is -2.16. The monoisotopic (exact) mass is 286 g/mol. The van der Waals surface area contributed by atoms with Crippen molar-refractivity contribution in [1.82, 2.24) is 4.98 Å². The van der Waals surface area contributed by atoms with Gasteiger partial charge in [0.2, 0.25) is 0 Å². The first-order valence-electron chi connectivity index (χ1n) is 6.17. The van der Waals surface area contributed by atoms with Crippen LogP contribution in [0.5, 0.6) is 0 Å². The van der Waals surface area contributed by atoms with E-state index in [0.717, 1.165) is 23.4 Å². The number of nitro groups is 1. The number of anilines is 2. The molecule has 0 saturated heterocycles. The highest BCUT2D eigenvalue weighted by molar-refractivity contribution is 6.07. The number of rotatable bonds is 3. The number of pyridine rings is 1. The van der Waals surface area contributed by atoms with Crippen LogP contribution in [0.25, 0.3) is 0 Å². The number of nitrogens with one attached hydrogen (secondary N) is 1. The van der Waals surface area contributed by atoms with Crippen LogP contribution in [0.3, 0.4) is 0 Å². The van der Waals surface area contributed by atoms with Crippen molar-refractivity contribution < 1.29 is 9.72 Å². The first-order valence-corrected chi connectivity index (χ1v) is 6.17. The summed E-state index contributed by atoms with van der Waals surface area (Å²) in [7, 11) is 0. The van der Waals surface area contributed by atoms with Gasteiger partial charge < -0.3 is 11.1 Å². The van der Waals surface area contributed by atoms with E-state index in [1.807, 2.05) is 26.0 Å². The fourth-order valence-corrected chi connectivity index (χ4v) is 1.89. The van der Waals surface area contributed by atoms with Crippen LogP contribution in [-0.4, -0.2) is 15.8 Å². The van der Waals surface area contributed by atoms with Gasteiger partial charge in [0.1, 0.15) is 12.0 Å². The zero-order valence-corrected chi connectivity index (χ0v) is 11.6. The summed E-state index contributed by atoms with van der Waals surface area (Å²) in [5, 5.41) is 13.4. The van der Waals surface area contributed by atoms with E-state index in [1.165, 1.54) is 0 Å². The Bertz CT molecular complexity index is 728. The summed E-state index contributed by atoms with van der Waals surface area (Å²) < 4.78 is 0. The van der Waals surface area contributed by atoms with Crippen molar-refractivity contribution in [2.75, 3.05) is 11.1 Å². The molecule has 0 aliphatic carbocycles. The van der Waals surface area contributed by atoms with Gasteiger partial charge in [0.15, 0.2) is 0 Å². The van der Waals surface area contributed by atoms with Crippen molar-refractivity contribution in [3.8, 4) is 0 Å². The lowest BCUT2D eigenvalue weighted by Gasteiger charge is -2.10. The van der Waals surface area contributed by atoms with Crippen LogP contribution in [0, 0.1) is 24.0 Å². The van der Waals surface area contributed by atoms with Gasteiger partial charge in [0, 0.05) is 11.8 Å². The number of nitrogen functional groups attached to an aromatic ring is 1. The summed E-state index contributed by atoms with van der Waals surface area (Å²) in [6.07, 6.45) is 1.02. The second-order valence-electron chi connectivity index (χ2n) is 4.66. The van der Waals surface area contributed by atoms with Gasteiger partial charge in [-0.25, -0.2) is 4.98 Å². The first kappa shape index (κ1) is 14.4. The van der Waals surface area contributed by atoms with Gasteiger partial charge in [-0.05, 0) is 25.5 Å². The summed E-state index contributed by atoms with van der Waals surface area (Å²) in [6.45, 7) is 3.80. The van der Waals surface area contributed by atoms with Crippen molar-refractivity contribution in [3.05, 3.63) is 57.3 Å². The molecule has 0 aliphatic heterocycles. The molecule has 0 bridgehead atoms. The van der Waals surface area contributed by atoms with Crippen molar-refractivity contribution in [3.63, 3.8) is 0 Å². The van der Waals surface area contributed by atoms with Crippen LogP contribution in [0.4, 0.5) is 17.2 Å². The lowest BCUT2D eigenvalue weighted by atomic mass is 10.1. The van der Waals surface area contributed by atoms with E-state index in [0.29, 0.717) is 5.69 Å². The molecule has 7 heteroatoms. The number of nitrogens with zero attached hydrogens (tertiary/aromatic N) is 2. The Morgan fingerprint density at radius 1 is 1.33 bits per heavy atom. The molecule has 0 saturated carbocycles. The van der Waals surface area contributed by atoms with Crippen LogP contribution in [-0.2, 0) is 0 Å².